The number of nitrogens with zero attached hydrogens (tertiary/aromatic N) is 4. The molecule has 0 unspecified atom stereocenters. The van der Waals surface area contributed by atoms with Gasteiger partial charge in [-0.2, -0.15) is 0 Å². The maximum atomic E-state index is 13.3. The lowest BCUT2D eigenvalue weighted by Crippen LogP contribution is -2.48. The zero-order valence-electron chi connectivity index (χ0n) is 42.1. The Hall–Kier alpha value is -5.72. The monoisotopic (exact) mass is 1120 g/mol. The van der Waals surface area contributed by atoms with Gasteiger partial charge in [-0.15, -0.1) is 45.3 Å². The number of thiazole rings is 2. The number of carboxylic acid groups (broad SMARTS) is 1. The van der Waals surface area contributed by atoms with Crippen LogP contribution in [-0.4, -0.2) is 102 Å². The van der Waals surface area contributed by atoms with E-state index in [1.54, 1.807) is 53.9 Å². The number of carboxylic acids is 1. The number of likely N-dealkylation sites (tertiary alicyclic amines) is 2. The number of hydrogen-bond donors (Lipinski definition) is 3. The van der Waals surface area contributed by atoms with Crippen LogP contribution < -0.4 is 11.1 Å². The van der Waals surface area contributed by atoms with Gasteiger partial charge >= 0.3 is 5.97 Å². The van der Waals surface area contributed by atoms with Crippen LogP contribution in [0.2, 0.25) is 10.0 Å². The van der Waals surface area contributed by atoms with E-state index in [1.165, 1.54) is 29.6 Å². The smallest absolute Gasteiger partial charge is 0.335 e. The Bertz CT molecular complexity index is 3260. The highest BCUT2D eigenvalue weighted by atomic mass is 35.5. The van der Waals surface area contributed by atoms with Crippen LogP contribution in [0.25, 0.3) is 42.0 Å². The zero-order valence-corrected chi connectivity index (χ0v) is 46.9. The topological polar surface area (TPSA) is 159 Å². The number of aromatic nitrogens is 2. The fourth-order valence-corrected chi connectivity index (χ4v) is 12.9. The van der Waals surface area contributed by atoms with Crippen molar-refractivity contribution >= 4 is 92.0 Å². The second-order valence-corrected chi connectivity index (χ2v) is 23.8. The molecule has 2 aliphatic heterocycles. The second-order valence-electron chi connectivity index (χ2n) is 19.1. The Labute approximate surface area is 464 Å². The summed E-state index contributed by atoms with van der Waals surface area (Å²) in [6.45, 7) is 8.37. The maximum absolute atomic E-state index is 13.3. The number of halogens is 2. The molecule has 0 aliphatic carbocycles. The van der Waals surface area contributed by atoms with Crippen molar-refractivity contribution in [2.75, 3.05) is 53.4 Å². The van der Waals surface area contributed by atoms with Gasteiger partial charge in [0.05, 0.1) is 26.7 Å². The minimum atomic E-state index is -0.949. The van der Waals surface area contributed by atoms with Crippen LogP contribution in [0.4, 0.5) is 0 Å². The Kier molecular flexibility index (Phi) is 18.5. The number of carbonyl (C=O) groups is 4. The lowest BCUT2D eigenvalue weighted by atomic mass is 9.76. The SMILES string of the molecule is CC(=O)c1ccc(-c2cccc(C(=O)NCC3(c4csc(-c5ccc(Cl)cc5)n4)CCN(C)CC3)c2)s1.CC(=O)c1ccc(-c2cccc(C(=O)O)c2)s1.CN1CCC(CN)(c2csc(-c3ccc(Cl)cc3)n2)CC1. The van der Waals surface area contributed by atoms with E-state index in [9.17, 15) is 19.2 Å². The Morgan fingerprint density at radius 3 is 1.45 bits per heavy atom. The van der Waals surface area contributed by atoms with Gasteiger partial charge in [-0.3, -0.25) is 14.4 Å². The number of amides is 1. The fourth-order valence-electron chi connectivity index (χ4n) is 9.00. The fraction of sp³-hybridized carbons (Fsp3) is 0.276. The minimum absolute atomic E-state index is 0.0237. The summed E-state index contributed by atoms with van der Waals surface area (Å²) in [5, 5.41) is 19.9. The Morgan fingerprint density at radius 1 is 0.600 bits per heavy atom. The Balaban J connectivity index is 0.000000165. The first-order valence-electron chi connectivity index (χ1n) is 24.5. The van der Waals surface area contributed by atoms with E-state index in [4.69, 9.17) is 44.0 Å². The first kappa shape index (κ1) is 55.5. The minimum Gasteiger partial charge on any atom is -0.478 e. The van der Waals surface area contributed by atoms with Gasteiger partial charge in [0.1, 0.15) is 10.0 Å². The lowest BCUT2D eigenvalue weighted by Gasteiger charge is -2.39. The van der Waals surface area contributed by atoms with Gasteiger partial charge in [0.15, 0.2) is 11.6 Å². The molecule has 0 bridgehead atoms. The summed E-state index contributed by atoms with van der Waals surface area (Å²) in [6.07, 6.45) is 4.03. The number of thiophene rings is 2. The van der Waals surface area contributed by atoms with Crippen LogP contribution in [0.15, 0.2) is 132 Å². The van der Waals surface area contributed by atoms with Gasteiger partial charge in [0.25, 0.3) is 5.91 Å². The molecule has 11 nitrogen and oxygen atoms in total. The number of benzene rings is 4. The number of carbonyl (C=O) groups excluding carboxylic acids is 3. The number of piperidine rings is 2. The zero-order chi connectivity index (χ0) is 53.3. The first-order chi connectivity index (χ1) is 36.0. The van der Waals surface area contributed by atoms with Crippen molar-refractivity contribution in [3.05, 3.63) is 174 Å². The third kappa shape index (κ3) is 13.8. The summed E-state index contributed by atoms with van der Waals surface area (Å²) < 4.78 is 0. The molecule has 8 aromatic rings. The molecule has 75 heavy (non-hydrogen) atoms. The first-order valence-corrected chi connectivity index (χ1v) is 28.6. The number of aromatic carboxylic acids is 1. The number of hydrogen-bond acceptors (Lipinski definition) is 13. The van der Waals surface area contributed by atoms with Gasteiger partial charge in [-0.25, -0.2) is 14.8 Å². The molecule has 6 heterocycles. The normalized spacial score (nSPS) is 15.2. The summed E-state index contributed by atoms with van der Waals surface area (Å²) in [7, 11) is 4.30. The third-order valence-electron chi connectivity index (χ3n) is 13.9. The van der Waals surface area contributed by atoms with Crippen LogP contribution in [0.5, 0.6) is 0 Å². The summed E-state index contributed by atoms with van der Waals surface area (Å²) in [4.78, 5) is 64.9. The van der Waals surface area contributed by atoms with Gasteiger partial charge in [0.2, 0.25) is 0 Å². The third-order valence-corrected chi connectivity index (χ3v) is 18.6. The summed E-state index contributed by atoms with van der Waals surface area (Å²) in [6, 6.07) is 37.3. The predicted octanol–water partition coefficient (Wildman–Crippen LogP) is 13.5. The molecular formula is C58H58Cl2N6O5S4. The molecule has 0 saturated carbocycles. The van der Waals surface area contributed by atoms with Gasteiger partial charge < -0.3 is 26.0 Å². The molecule has 388 valence electrons. The molecule has 0 radical (unpaired) electrons. The molecule has 4 aromatic heterocycles. The molecule has 2 fully saturated rings. The van der Waals surface area contributed by atoms with Crippen LogP contribution in [-0.2, 0) is 10.8 Å². The number of nitrogens with two attached hydrogens (primary N) is 1. The summed E-state index contributed by atoms with van der Waals surface area (Å²) in [5.41, 5.74) is 12.9. The highest BCUT2D eigenvalue weighted by molar-refractivity contribution is 7.17. The summed E-state index contributed by atoms with van der Waals surface area (Å²) >= 11 is 18.2. The van der Waals surface area contributed by atoms with Gasteiger partial charge in [-0.05, 0) is 164 Å². The van der Waals surface area contributed by atoms with Gasteiger partial charge in [-0.1, -0.05) is 71.7 Å². The second kappa shape index (κ2) is 25.0. The predicted molar refractivity (Wildman–Crippen MR) is 310 cm³/mol. The molecule has 4 aromatic carbocycles. The number of rotatable bonds is 13. The maximum Gasteiger partial charge on any atom is 0.335 e. The van der Waals surface area contributed by atoms with E-state index in [0.29, 0.717) is 28.6 Å². The average Bonchev–Trinajstić information content (AvgIpc) is 4.29. The highest BCUT2D eigenvalue weighted by Crippen LogP contribution is 2.39. The molecule has 1 amide bonds. The van der Waals surface area contributed by atoms with Crippen LogP contribution in [0, 0.1) is 0 Å². The van der Waals surface area contributed by atoms with E-state index in [-0.39, 0.29) is 33.9 Å². The van der Waals surface area contributed by atoms with Crippen molar-refractivity contribution < 1.29 is 24.3 Å². The number of ketones is 2. The van der Waals surface area contributed by atoms with Crippen molar-refractivity contribution in [1.29, 1.82) is 0 Å². The molecule has 17 heteroatoms. The van der Waals surface area contributed by atoms with E-state index in [1.807, 2.05) is 97.1 Å². The summed E-state index contributed by atoms with van der Waals surface area (Å²) in [5.74, 6) is -0.975. The van der Waals surface area contributed by atoms with Crippen LogP contribution in [0.3, 0.4) is 0 Å². The molecular weight excluding hydrogens is 1060 g/mol. The quantitative estimate of drug-likeness (QED) is 0.0949. The van der Waals surface area contributed by atoms with Crippen molar-refractivity contribution in [2.24, 2.45) is 5.73 Å². The lowest BCUT2D eigenvalue weighted by molar-refractivity contribution is 0.0696. The van der Waals surface area contributed by atoms with Crippen molar-refractivity contribution in [2.45, 2.75) is 50.4 Å². The molecule has 2 saturated heterocycles. The molecule has 0 spiro atoms. The largest absolute Gasteiger partial charge is 0.478 e. The van der Waals surface area contributed by atoms with E-state index >= 15 is 0 Å². The number of nitrogens with one attached hydrogen (secondary N) is 1. The highest BCUT2D eigenvalue weighted by Gasteiger charge is 2.39. The van der Waals surface area contributed by atoms with Crippen molar-refractivity contribution in [3.8, 4) is 42.0 Å². The van der Waals surface area contributed by atoms with Crippen LogP contribution in [0.1, 0.15) is 91.0 Å². The Morgan fingerprint density at radius 2 is 1.03 bits per heavy atom. The van der Waals surface area contributed by atoms with E-state index < -0.39 is 5.97 Å². The van der Waals surface area contributed by atoms with E-state index in [0.717, 1.165) is 115 Å². The van der Waals surface area contributed by atoms with Gasteiger partial charge in [0, 0.05) is 71.2 Å². The number of Topliss-reactive ketones (excluding diaryl/α,β-unsaturated/α-hetero) is 2. The van der Waals surface area contributed by atoms with Crippen molar-refractivity contribution in [1.82, 2.24) is 25.1 Å². The average molecular weight is 1120 g/mol. The van der Waals surface area contributed by atoms with Crippen molar-refractivity contribution in [3.63, 3.8) is 0 Å². The van der Waals surface area contributed by atoms with E-state index in [2.05, 4.69) is 40.0 Å². The molecule has 10 rings (SSSR count). The molecule has 4 N–H and O–H groups in total. The van der Waals surface area contributed by atoms with Crippen LogP contribution >= 0.6 is 68.5 Å². The standard InChI is InChI=1S/C29H28ClN3O2S2.C16H20ClN3S.C13H10O3S/c1-19(34)24-10-11-25(37-24)21-4-3-5-22(16-21)27(35)31-18-29(12-14-33(2)15-13-29)26-17-36-28(32-26)20-6-8-23(30)9-7-20;1-20-8-6-16(11-18,7-9-20)14-10-21-15(19-14)12-2-4-13(17)5-3-12;1-8(14)11-5-6-12(17-11)9-3-2-4-10(7-9)13(15)16/h3-11,16-17H,12-15,18H2,1-2H3,(H,31,35);2-5,10H,6-9,11,18H2,1H3;2-7H,1H3,(H,15,16). The molecule has 2 aliphatic rings. The molecule has 0 atom stereocenters.